The van der Waals surface area contributed by atoms with Gasteiger partial charge in [0.2, 0.25) is 0 Å². The molecule has 1 N–H and O–H groups in total. The van der Waals surface area contributed by atoms with Crippen molar-refractivity contribution >= 4 is 23.3 Å². The molecule has 0 aliphatic rings. The van der Waals surface area contributed by atoms with Gasteiger partial charge in [-0.15, -0.1) is 0 Å². The number of rotatable bonds is 5. The summed E-state index contributed by atoms with van der Waals surface area (Å²) < 4.78 is 22.5. The van der Waals surface area contributed by atoms with Crippen molar-refractivity contribution in [3.63, 3.8) is 0 Å². The van der Waals surface area contributed by atoms with E-state index in [1.807, 2.05) is 0 Å². The van der Waals surface area contributed by atoms with Gasteiger partial charge in [0.15, 0.2) is 1.41 Å². The van der Waals surface area contributed by atoms with Crippen LogP contribution in [0.3, 0.4) is 0 Å². The third kappa shape index (κ3) is 3.37. The first kappa shape index (κ1) is 9.28. The third-order valence-electron chi connectivity index (χ3n) is 1.70. The van der Waals surface area contributed by atoms with Gasteiger partial charge in [-0.05, 0) is 19.1 Å². The standard InChI is InChI=1S/C10H10N4O4/c1-2-3-6-11-12-9-5-4-8(13(15)16)7-10(9)14(17)18/h2-7,12H,1H3/b3-2+,11-6+/i4D,7D/hD. The smallest absolute Gasteiger partial charge is 0.272 e. The van der Waals surface area contributed by atoms with E-state index in [0.29, 0.717) is 5.42 Å². The SMILES string of the molecule is [2H]c1cc(N([2H])/N=C/C=C/C)c([N+](=O)[O-])c([2H])c1[N+](=O)[O-]. The van der Waals surface area contributed by atoms with Gasteiger partial charge in [-0.2, -0.15) is 5.10 Å². The van der Waals surface area contributed by atoms with E-state index in [4.69, 9.17) is 4.15 Å². The van der Waals surface area contributed by atoms with E-state index in [1.54, 1.807) is 13.0 Å². The fourth-order valence-electron chi connectivity index (χ4n) is 0.951. The Morgan fingerprint density at radius 3 is 2.78 bits per heavy atom. The first-order valence-electron chi connectivity index (χ1n) is 6.13. The highest BCUT2D eigenvalue weighted by Crippen LogP contribution is 2.28. The van der Waals surface area contributed by atoms with Crippen molar-refractivity contribution in [2.75, 3.05) is 5.42 Å². The summed E-state index contributed by atoms with van der Waals surface area (Å²) in [5.74, 6) is 0. The van der Waals surface area contributed by atoms with E-state index < -0.39 is 39.0 Å². The zero-order chi connectivity index (χ0) is 16.2. The number of nitrogens with zero attached hydrogens (tertiary/aromatic N) is 3. The fourth-order valence-corrected chi connectivity index (χ4v) is 0.951. The van der Waals surface area contributed by atoms with E-state index in [2.05, 4.69) is 5.10 Å². The largest absolute Gasteiger partial charge is 0.301 e. The number of hydrogen-bond acceptors (Lipinski definition) is 6. The first-order chi connectivity index (χ1) is 9.81. The molecule has 0 aromatic heterocycles. The van der Waals surface area contributed by atoms with E-state index in [1.165, 1.54) is 12.3 Å². The Balaban J connectivity index is 3.52. The summed E-state index contributed by atoms with van der Waals surface area (Å²) in [5, 5.41) is 25.3. The molecule has 0 saturated carbocycles. The topological polar surface area (TPSA) is 111 Å². The number of nitro benzene ring substituents is 2. The summed E-state index contributed by atoms with van der Waals surface area (Å²) in [6.07, 6.45) is 4.24. The van der Waals surface area contributed by atoms with E-state index in [0.717, 1.165) is 6.07 Å². The van der Waals surface area contributed by atoms with Crippen molar-refractivity contribution in [1.82, 2.24) is 0 Å². The predicted molar refractivity (Wildman–Crippen MR) is 66.7 cm³/mol. The highest BCUT2D eigenvalue weighted by molar-refractivity contribution is 5.73. The molecule has 0 amide bonds. The average Bonchev–Trinajstić information content (AvgIpc) is 2.36. The number of hydrazone groups is 1. The Morgan fingerprint density at radius 1 is 1.50 bits per heavy atom. The molecule has 1 rings (SSSR count). The lowest BCUT2D eigenvalue weighted by Gasteiger charge is -2.01. The predicted octanol–water partition coefficient (Wildman–Crippen LogP) is 2.48. The number of hydrogen-bond donors (Lipinski definition) is 1. The minimum Gasteiger partial charge on any atom is -0.272 e. The van der Waals surface area contributed by atoms with Crippen molar-refractivity contribution in [1.29, 1.82) is 0 Å². The normalized spacial score (nSPS) is 13.3. The minimum absolute atomic E-state index is 0.331. The van der Waals surface area contributed by atoms with Crippen molar-refractivity contribution in [3.05, 3.63) is 50.5 Å². The molecule has 0 heterocycles. The summed E-state index contributed by atoms with van der Waals surface area (Å²) in [6.45, 7) is 1.69. The highest BCUT2D eigenvalue weighted by atomic mass is 16.6. The number of nitro groups is 2. The van der Waals surface area contributed by atoms with Crippen molar-refractivity contribution < 1.29 is 14.0 Å². The number of anilines is 1. The Labute approximate surface area is 106 Å². The molecule has 0 aliphatic heterocycles. The Bertz CT molecular complexity index is 648. The second-order valence-electron chi connectivity index (χ2n) is 2.90. The van der Waals surface area contributed by atoms with Crippen LogP contribution in [0.25, 0.3) is 0 Å². The average molecular weight is 253 g/mol. The zero-order valence-electron chi connectivity index (χ0n) is 12.2. The zero-order valence-corrected chi connectivity index (χ0v) is 9.23. The van der Waals surface area contributed by atoms with Crippen LogP contribution in [0.5, 0.6) is 0 Å². The Kier molecular flexibility index (Phi) is 3.14. The van der Waals surface area contributed by atoms with E-state index >= 15 is 0 Å². The molecular formula is C10H10N4O4. The van der Waals surface area contributed by atoms with Gasteiger partial charge in [0, 0.05) is 12.3 Å². The molecule has 94 valence electrons. The molecule has 0 radical (unpaired) electrons. The Hall–Kier alpha value is -2.77. The molecular weight excluding hydrogens is 240 g/mol. The second kappa shape index (κ2) is 6.09. The van der Waals surface area contributed by atoms with Crippen LogP contribution in [0.4, 0.5) is 17.1 Å². The number of nitrogens with one attached hydrogen (secondary N) is 1. The first-order valence-corrected chi connectivity index (χ1v) is 4.68. The van der Waals surface area contributed by atoms with Gasteiger partial charge in [0.05, 0.1) is 18.6 Å². The van der Waals surface area contributed by atoms with Crippen molar-refractivity contribution in [2.24, 2.45) is 5.10 Å². The van der Waals surface area contributed by atoms with Gasteiger partial charge in [-0.1, -0.05) is 6.08 Å². The van der Waals surface area contributed by atoms with Gasteiger partial charge in [0.25, 0.3) is 5.69 Å². The van der Waals surface area contributed by atoms with Gasteiger partial charge >= 0.3 is 5.69 Å². The molecule has 1 aromatic rings. The molecule has 0 aliphatic carbocycles. The van der Waals surface area contributed by atoms with Crippen LogP contribution >= 0.6 is 0 Å². The number of allylic oxidation sites excluding steroid dienone is 2. The van der Waals surface area contributed by atoms with Crippen LogP contribution in [0, 0.1) is 20.2 Å². The van der Waals surface area contributed by atoms with Gasteiger partial charge in [0.1, 0.15) is 5.69 Å². The van der Waals surface area contributed by atoms with Crippen LogP contribution in [-0.2, 0) is 0 Å². The van der Waals surface area contributed by atoms with E-state index in [-0.39, 0.29) is 0 Å². The molecule has 8 nitrogen and oxygen atoms in total. The van der Waals surface area contributed by atoms with Crippen LogP contribution in [0.1, 0.15) is 9.67 Å². The summed E-state index contributed by atoms with van der Waals surface area (Å²) in [4.78, 5) is 19.7. The van der Waals surface area contributed by atoms with Crippen LogP contribution < -0.4 is 5.42 Å². The van der Waals surface area contributed by atoms with Gasteiger partial charge < -0.3 is 0 Å². The molecule has 1 aromatic carbocycles. The summed E-state index contributed by atoms with van der Waals surface area (Å²) in [7, 11) is 0. The van der Waals surface area contributed by atoms with Crippen molar-refractivity contribution in [2.45, 2.75) is 6.92 Å². The van der Waals surface area contributed by atoms with Crippen molar-refractivity contribution in [3.8, 4) is 0 Å². The highest BCUT2D eigenvalue weighted by Gasteiger charge is 2.18. The molecule has 0 spiro atoms. The molecule has 0 fully saturated rings. The van der Waals surface area contributed by atoms with Crippen LogP contribution in [0.15, 0.2) is 35.4 Å². The lowest BCUT2D eigenvalue weighted by Crippen LogP contribution is -1.98. The molecule has 0 unspecified atom stereocenters. The second-order valence-corrected chi connectivity index (χ2v) is 2.90. The quantitative estimate of drug-likeness (QED) is 0.492. The van der Waals surface area contributed by atoms with Gasteiger partial charge in [-0.3, -0.25) is 25.6 Å². The minimum atomic E-state index is -1.04. The maximum Gasteiger partial charge on any atom is 0.301 e. The summed E-state index contributed by atoms with van der Waals surface area (Å²) >= 11 is 0. The van der Waals surface area contributed by atoms with Crippen LogP contribution in [0.2, 0.25) is 1.41 Å². The molecule has 0 atom stereocenters. The lowest BCUT2D eigenvalue weighted by molar-refractivity contribution is -0.393. The fraction of sp³-hybridized carbons (Fsp3) is 0.100. The molecule has 8 heteroatoms. The maximum absolute atomic E-state index is 11.0. The maximum atomic E-state index is 11.0. The number of benzene rings is 1. The van der Waals surface area contributed by atoms with Gasteiger partial charge in [-0.25, -0.2) is 0 Å². The third-order valence-corrected chi connectivity index (χ3v) is 1.70. The molecule has 18 heavy (non-hydrogen) atoms. The Morgan fingerprint density at radius 2 is 2.22 bits per heavy atom. The van der Waals surface area contributed by atoms with Crippen LogP contribution in [-0.4, -0.2) is 16.1 Å². The lowest BCUT2D eigenvalue weighted by atomic mass is 10.2. The summed E-state index contributed by atoms with van der Waals surface area (Å²) in [5.41, 5.74) is -2.11. The monoisotopic (exact) mass is 253 g/mol. The summed E-state index contributed by atoms with van der Waals surface area (Å²) in [6, 6.07) is -0.982. The van der Waals surface area contributed by atoms with E-state index in [9.17, 15) is 20.2 Å². The molecule has 0 saturated heterocycles. The molecule has 0 bridgehead atoms.